The fraction of sp³-hybridized carbons (Fsp3) is 0.400. The summed E-state index contributed by atoms with van der Waals surface area (Å²) < 4.78 is 13.2. The summed E-state index contributed by atoms with van der Waals surface area (Å²) in [6.07, 6.45) is 3.23. The van der Waals surface area contributed by atoms with E-state index in [0.29, 0.717) is 13.1 Å². The predicted octanol–water partition coefficient (Wildman–Crippen LogP) is 1.24. The number of halogens is 3. The van der Waals surface area contributed by atoms with Crippen molar-refractivity contribution >= 4 is 30.7 Å². The lowest BCUT2D eigenvalue weighted by Crippen LogP contribution is -2.32. The van der Waals surface area contributed by atoms with Crippen LogP contribution in [0.25, 0.3) is 0 Å². The van der Waals surface area contributed by atoms with E-state index < -0.39 is 5.82 Å². The van der Waals surface area contributed by atoms with Gasteiger partial charge in [0.25, 0.3) is 5.91 Å². The molecule has 1 aliphatic heterocycles. The molecule has 0 radical (unpaired) electrons. The molecule has 1 fully saturated rings. The molecule has 0 saturated carbocycles. The minimum atomic E-state index is -0.581. The van der Waals surface area contributed by atoms with Gasteiger partial charge in [-0.1, -0.05) is 0 Å². The standard InChI is InChI=1S/C10H12FN3O.2ClH/c11-9-5-13-3-1-8(9)10(15)14-4-2-7(12)6-14;;/h1,3,5,7H,2,4,6,12H2;2*1H/t7-;;/m0../s1. The van der Waals surface area contributed by atoms with Crippen molar-refractivity contribution in [1.82, 2.24) is 9.88 Å². The van der Waals surface area contributed by atoms with Crippen molar-refractivity contribution in [2.45, 2.75) is 12.5 Å². The topological polar surface area (TPSA) is 59.2 Å². The molecular weight excluding hydrogens is 268 g/mol. The lowest BCUT2D eigenvalue weighted by atomic mass is 10.2. The van der Waals surface area contributed by atoms with Gasteiger partial charge in [-0.2, -0.15) is 0 Å². The van der Waals surface area contributed by atoms with Gasteiger partial charge in [-0.05, 0) is 12.5 Å². The number of nitrogens with two attached hydrogens (primary N) is 1. The van der Waals surface area contributed by atoms with Crippen molar-refractivity contribution < 1.29 is 9.18 Å². The summed E-state index contributed by atoms with van der Waals surface area (Å²) in [6.45, 7) is 1.10. The van der Waals surface area contributed by atoms with Crippen LogP contribution >= 0.6 is 24.8 Å². The highest BCUT2D eigenvalue weighted by Gasteiger charge is 2.25. The van der Waals surface area contributed by atoms with Crippen LogP contribution in [-0.2, 0) is 0 Å². The number of pyridine rings is 1. The van der Waals surface area contributed by atoms with Crippen LogP contribution in [0.3, 0.4) is 0 Å². The molecule has 0 bridgehead atoms. The van der Waals surface area contributed by atoms with E-state index in [2.05, 4.69) is 4.98 Å². The van der Waals surface area contributed by atoms with Crippen molar-refractivity contribution in [2.75, 3.05) is 13.1 Å². The van der Waals surface area contributed by atoms with Gasteiger partial charge < -0.3 is 10.6 Å². The van der Waals surface area contributed by atoms with Crippen LogP contribution < -0.4 is 5.73 Å². The Hall–Kier alpha value is -0.910. The summed E-state index contributed by atoms with van der Waals surface area (Å²) in [5.74, 6) is -0.883. The summed E-state index contributed by atoms with van der Waals surface area (Å²) in [7, 11) is 0. The highest BCUT2D eigenvalue weighted by atomic mass is 35.5. The largest absolute Gasteiger partial charge is 0.337 e. The smallest absolute Gasteiger partial charge is 0.256 e. The molecule has 0 aliphatic carbocycles. The normalized spacial score (nSPS) is 18.2. The van der Waals surface area contributed by atoms with Gasteiger partial charge in [0, 0.05) is 25.3 Å². The van der Waals surface area contributed by atoms with E-state index in [0.717, 1.165) is 12.6 Å². The van der Waals surface area contributed by atoms with Crippen LogP contribution in [0.4, 0.5) is 4.39 Å². The maximum atomic E-state index is 13.2. The zero-order valence-electron chi connectivity index (χ0n) is 9.01. The molecule has 2 N–H and O–H groups in total. The number of aromatic nitrogens is 1. The molecule has 1 atom stereocenters. The SMILES string of the molecule is Cl.Cl.N[C@H]1CCN(C(=O)c2ccncc2F)C1. The lowest BCUT2D eigenvalue weighted by Gasteiger charge is -2.15. The third-order valence-corrected chi connectivity index (χ3v) is 2.51. The summed E-state index contributed by atoms with van der Waals surface area (Å²) in [6, 6.07) is 1.40. The first-order valence-electron chi connectivity index (χ1n) is 4.83. The maximum Gasteiger partial charge on any atom is 0.256 e. The first-order valence-corrected chi connectivity index (χ1v) is 4.83. The Labute approximate surface area is 111 Å². The average Bonchev–Trinajstić information content (AvgIpc) is 2.65. The van der Waals surface area contributed by atoms with Gasteiger partial charge >= 0.3 is 0 Å². The second-order valence-corrected chi connectivity index (χ2v) is 3.66. The quantitative estimate of drug-likeness (QED) is 0.843. The van der Waals surface area contributed by atoms with Crippen molar-refractivity contribution in [1.29, 1.82) is 0 Å². The fourth-order valence-corrected chi connectivity index (χ4v) is 1.69. The molecule has 2 heterocycles. The van der Waals surface area contributed by atoms with E-state index in [1.54, 1.807) is 4.90 Å². The maximum absolute atomic E-state index is 13.2. The van der Waals surface area contributed by atoms with Gasteiger partial charge in [-0.3, -0.25) is 9.78 Å². The van der Waals surface area contributed by atoms with Gasteiger partial charge in [-0.25, -0.2) is 4.39 Å². The number of amides is 1. The number of hydrogen-bond donors (Lipinski definition) is 1. The molecule has 0 unspecified atom stereocenters. The monoisotopic (exact) mass is 281 g/mol. The number of hydrogen-bond acceptors (Lipinski definition) is 3. The molecule has 2 rings (SSSR count). The molecule has 0 aromatic carbocycles. The highest BCUT2D eigenvalue weighted by Crippen LogP contribution is 2.13. The third-order valence-electron chi connectivity index (χ3n) is 2.51. The number of carbonyl (C=O) groups is 1. The Bertz CT molecular complexity index is 392. The molecule has 4 nitrogen and oxygen atoms in total. The summed E-state index contributed by atoms with van der Waals surface area (Å²) >= 11 is 0. The van der Waals surface area contributed by atoms with Crippen molar-refractivity contribution in [2.24, 2.45) is 5.73 Å². The fourth-order valence-electron chi connectivity index (χ4n) is 1.69. The van der Waals surface area contributed by atoms with Crippen molar-refractivity contribution in [3.8, 4) is 0 Å². The summed E-state index contributed by atoms with van der Waals surface area (Å²) in [4.78, 5) is 17.0. The van der Waals surface area contributed by atoms with E-state index in [-0.39, 0.29) is 42.3 Å². The van der Waals surface area contributed by atoms with Crippen LogP contribution in [0.1, 0.15) is 16.8 Å². The van der Waals surface area contributed by atoms with Crippen molar-refractivity contribution in [3.63, 3.8) is 0 Å². The molecule has 7 heteroatoms. The number of nitrogens with zero attached hydrogens (tertiary/aromatic N) is 2. The van der Waals surface area contributed by atoms with E-state index in [9.17, 15) is 9.18 Å². The Balaban J connectivity index is 0.00000128. The van der Waals surface area contributed by atoms with Gasteiger partial charge in [0.05, 0.1) is 11.8 Å². The van der Waals surface area contributed by atoms with Crippen LogP contribution in [0.2, 0.25) is 0 Å². The molecule has 96 valence electrons. The van der Waals surface area contributed by atoms with E-state index in [1.165, 1.54) is 12.3 Å². The second kappa shape index (κ2) is 6.74. The Morgan fingerprint density at radius 2 is 2.24 bits per heavy atom. The molecule has 1 amide bonds. The molecule has 0 spiro atoms. The van der Waals surface area contributed by atoms with E-state index in [1.807, 2.05) is 0 Å². The summed E-state index contributed by atoms with van der Waals surface area (Å²) in [5.41, 5.74) is 5.75. The summed E-state index contributed by atoms with van der Waals surface area (Å²) in [5, 5.41) is 0. The predicted molar refractivity (Wildman–Crippen MR) is 67.2 cm³/mol. The molecule has 1 saturated heterocycles. The molecular formula is C10H14Cl2FN3O. The van der Waals surface area contributed by atoms with Gasteiger partial charge in [0.15, 0.2) is 5.82 Å². The second-order valence-electron chi connectivity index (χ2n) is 3.66. The molecule has 1 aromatic heterocycles. The van der Waals surface area contributed by atoms with Crippen LogP contribution in [0.15, 0.2) is 18.5 Å². The Morgan fingerprint density at radius 1 is 1.53 bits per heavy atom. The Morgan fingerprint density at radius 3 is 2.76 bits per heavy atom. The molecule has 17 heavy (non-hydrogen) atoms. The van der Waals surface area contributed by atoms with Gasteiger partial charge in [0.1, 0.15) is 0 Å². The van der Waals surface area contributed by atoms with Crippen LogP contribution in [-0.4, -0.2) is 34.9 Å². The van der Waals surface area contributed by atoms with E-state index >= 15 is 0 Å². The van der Waals surface area contributed by atoms with E-state index in [4.69, 9.17) is 5.73 Å². The molecule has 1 aliphatic rings. The average molecular weight is 282 g/mol. The first-order chi connectivity index (χ1) is 7.18. The molecule has 1 aromatic rings. The number of carbonyl (C=O) groups excluding carboxylic acids is 1. The minimum Gasteiger partial charge on any atom is -0.337 e. The van der Waals surface area contributed by atoms with Crippen molar-refractivity contribution in [3.05, 3.63) is 29.8 Å². The zero-order chi connectivity index (χ0) is 10.8. The highest BCUT2D eigenvalue weighted by molar-refractivity contribution is 5.94. The lowest BCUT2D eigenvalue weighted by molar-refractivity contribution is 0.0786. The zero-order valence-corrected chi connectivity index (χ0v) is 10.6. The Kier molecular flexibility index (Phi) is 6.37. The number of rotatable bonds is 1. The third kappa shape index (κ3) is 3.52. The van der Waals surface area contributed by atoms with Crippen LogP contribution in [0.5, 0.6) is 0 Å². The first kappa shape index (κ1) is 16.1. The minimum absolute atomic E-state index is 0. The van der Waals surface area contributed by atoms with Gasteiger partial charge in [0.2, 0.25) is 0 Å². The van der Waals surface area contributed by atoms with Crippen LogP contribution in [0, 0.1) is 5.82 Å². The number of likely N-dealkylation sites (tertiary alicyclic amines) is 1. The van der Waals surface area contributed by atoms with Gasteiger partial charge in [-0.15, -0.1) is 24.8 Å².